The summed E-state index contributed by atoms with van der Waals surface area (Å²) >= 11 is 3.28. The van der Waals surface area contributed by atoms with E-state index in [0.29, 0.717) is 12.5 Å². The molecular formula is C11H15BrFN. The van der Waals surface area contributed by atoms with Crippen molar-refractivity contribution in [1.82, 2.24) is 0 Å². The molecule has 1 unspecified atom stereocenters. The van der Waals surface area contributed by atoms with Crippen LogP contribution in [0.2, 0.25) is 0 Å². The monoisotopic (exact) mass is 259 g/mol. The molecule has 0 heterocycles. The Bertz CT molecular complexity index is 277. The molecule has 0 bridgehead atoms. The van der Waals surface area contributed by atoms with E-state index in [9.17, 15) is 4.39 Å². The number of hydrogen-bond acceptors (Lipinski definition) is 1. The Balaban J connectivity index is 2.75. The van der Waals surface area contributed by atoms with E-state index >= 15 is 0 Å². The number of rotatable bonds is 4. The van der Waals surface area contributed by atoms with Gasteiger partial charge in [0.2, 0.25) is 0 Å². The Morgan fingerprint density at radius 3 is 2.64 bits per heavy atom. The van der Waals surface area contributed by atoms with Crippen molar-refractivity contribution < 1.29 is 4.39 Å². The zero-order valence-corrected chi connectivity index (χ0v) is 9.85. The van der Waals surface area contributed by atoms with Crippen LogP contribution < -0.4 is 5.73 Å². The van der Waals surface area contributed by atoms with E-state index in [0.717, 1.165) is 22.9 Å². The summed E-state index contributed by atoms with van der Waals surface area (Å²) in [6, 6.07) is 4.98. The maximum atomic E-state index is 13.0. The van der Waals surface area contributed by atoms with Crippen molar-refractivity contribution in [3.8, 4) is 0 Å². The predicted molar refractivity (Wildman–Crippen MR) is 60.6 cm³/mol. The first-order valence-electron chi connectivity index (χ1n) is 4.80. The van der Waals surface area contributed by atoms with Crippen LogP contribution in [0.5, 0.6) is 0 Å². The molecule has 1 aromatic rings. The molecule has 0 aliphatic carbocycles. The van der Waals surface area contributed by atoms with Gasteiger partial charge in [-0.25, -0.2) is 4.39 Å². The third-order valence-corrected chi connectivity index (χ3v) is 2.82. The molecule has 1 rings (SSSR count). The lowest BCUT2D eigenvalue weighted by Gasteiger charge is -2.12. The van der Waals surface area contributed by atoms with E-state index in [4.69, 9.17) is 5.73 Å². The molecule has 1 atom stereocenters. The Kier molecular flexibility index (Phi) is 4.55. The van der Waals surface area contributed by atoms with Gasteiger partial charge in [0.15, 0.2) is 0 Å². The van der Waals surface area contributed by atoms with Gasteiger partial charge in [-0.1, -0.05) is 29.3 Å². The molecule has 0 fully saturated rings. The minimum absolute atomic E-state index is 0.193. The highest BCUT2D eigenvalue weighted by atomic mass is 79.9. The molecule has 2 N–H and O–H groups in total. The van der Waals surface area contributed by atoms with Crippen LogP contribution >= 0.6 is 15.9 Å². The molecule has 1 nitrogen and oxygen atoms in total. The van der Waals surface area contributed by atoms with Gasteiger partial charge in [-0.2, -0.15) is 0 Å². The van der Waals surface area contributed by atoms with Crippen LogP contribution in [0, 0.1) is 11.7 Å². The van der Waals surface area contributed by atoms with Gasteiger partial charge in [-0.15, -0.1) is 0 Å². The fourth-order valence-electron chi connectivity index (χ4n) is 1.46. The maximum Gasteiger partial charge on any atom is 0.124 e. The Labute approximate surface area is 92.6 Å². The minimum Gasteiger partial charge on any atom is -0.330 e. The first kappa shape index (κ1) is 11.7. The summed E-state index contributed by atoms with van der Waals surface area (Å²) in [6.07, 6.45) is 1.88. The second kappa shape index (κ2) is 5.47. The standard InChI is InChI=1S/C11H15BrFN/c1-2-8(7-14)3-9-4-10(12)6-11(13)5-9/h4-6,8H,2-3,7,14H2,1H3. The van der Waals surface area contributed by atoms with Crippen LogP contribution in [0.25, 0.3) is 0 Å². The van der Waals surface area contributed by atoms with Crippen molar-refractivity contribution in [2.24, 2.45) is 11.7 Å². The van der Waals surface area contributed by atoms with E-state index in [2.05, 4.69) is 22.9 Å². The second-order valence-corrected chi connectivity index (χ2v) is 4.41. The summed E-state index contributed by atoms with van der Waals surface area (Å²) in [4.78, 5) is 0. The highest BCUT2D eigenvalue weighted by molar-refractivity contribution is 9.10. The highest BCUT2D eigenvalue weighted by Crippen LogP contribution is 2.18. The molecule has 0 saturated heterocycles. The largest absolute Gasteiger partial charge is 0.330 e. The quantitative estimate of drug-likeness (QED) is 0.884. The summed E-state index contributed by atoms with van der Waals surface area (Å²) in [7, 11) is 0. The minimum atomic E-state index is -0.193. The van der Waals surface area contributed by atoms with E-state index < -0.39 is 0 Å². The lowest BCUT2D eigenvalue weighted by molar-refractivity contribution is 0.516. The van der Waals surface area contributed by atoms with Crippen molar-refractivity contribution in [2.75, 3.05) is 6.54 Å². The van der Waals surface area contributed by atoms with Gasteiger partial charge in [0, 0.05) is 4.47 Å². The van der Waals surface area contributed by atoms with Gasteiger partial charge in [0.05, 0.1) is 0 Å². The van der Waals surface area contributed by atoms with Crippen LogP contribution in [0.15, 0.2) is 22.7 Å². The lowest BCUT2D eigenvalue weighted by atomic mass is 9.97. The fraction of sp³-hybridized carbons (Fsp3) is 0.455. The Morgan fingerprint density at radius 2 is 2.14 bits per heavy atom. The van der Waals surface area contributed by atoms with Crippen molar-refractivity contribution >= 4 is 15.9 Å². The average Bonchev–Trinajstić information content (AvgIpc) is 2.12. The van der Waals surface area contributed by atoms with E-state index in [-0.39, 0.29) is 5.82 Å². The SMILES string of the molecule is CCC(CN)Cc1cc(F)cc(Br)c1. The number of hydrogen-bond donors (Lipinski definition) is 1. The Hall–Kier alpha value is -0.410. The van der Waals surface area contributed by atoms with Crippen LogP contribution in [0.1, 0.15) is 18.9 Å². The van der Waals surface area contributed by atoms with E-state index in [1.807, 2.05) is 6.07 Å². The molecule has 0 spiro atoms. The normalized spacial score (nSPS) is 12.9. The van der Waals surface area contributed by atoms with Gasteiger partial charge < -0.3 is 5.73 Å². The van der Waals surface area contributed by atoms with Crippen LogP contribution in [0.4, 0.5) is 4.39 Å². The molecule has 0 saturated carbocycles. The van der Waals surface area contributed by atoms with Crippen molar-refractivity contribution in [3.63, 3.8) is 0 Å². The van der Waals surface area contributed by atoms with Gasteiger partial charge in [-0.3, -0.25) is 0 Å². The third kappa shape index (κ3) is 3.39. The van der Waals surface area contributed by atoms with Crippen LogP contribution in [-0.4, -0.2) is 6.54 Å². The van der Waals surface area contributed by atoms with Crippen molar-refractivity contribution in [1.29, 1.82) is 0 Å². The van der Waals surface area contributed by atoms with Gasteiger partial charge in [0.1, 0.15) is 5.82 Å². The molecule has 1 aromatic carbocycles. The zero-order chi connectivity index (χ0) is 10.6. The lowest BCUT2D eigenvalue weighted by Crippen LogP contribution is -2.15. The van der Waals surface area contributed by atoms with Crippen LogP contribution in [0.3, 0.4) is 0 Å². The summed E-state index contributed by atoms with van der Waals surface area (Å²) in [5, 5.41) is 0. The zero-order valence-electron chi connectivity index (χ0n) is 8.26. The summed E-state index contributed by atoms with van der Waals surface area (Å²) in [6.45, 7) is 2.76. The highest BCUT2D eigenvalue weighted by Gasteiger charge is 2.06. The van der Waals surface area contributed by atoms with Gasteiger partial charge in [-0.05, 0) is 42.6 Å². The number of nitrogens with two attached hydrogens (primary N) is 1. The van der Waals surface area contributed by atoms with Gasteiger partial charge >= 0.3 is 0 Å². The van der Waals surface area contributed by atoms with Crippen molar-refractivity contribution in [3.05, 3.63) is 34.1 Å². The average molecular weight is 260 g/mol. The number of benzene rings is 1. The smallest absolute Gasteiger partial charge is 0.124 e. The van der Waals surface area contributed by atoms with Gasteiger partial charge in [0.25, 0.3) is 0 Å². The molecule has 0 amide bonds. The summed E-state index contributed by atoms with van der Waals surface area (Å²) in [5.41, 5.74) is 6.61. The number of halogens is 2. The summed E-state index contributed by atoms with van der Waals surface area (Å²) in [5.74, 6) is 0.255. The molecule has 0 aromatic heterocycles. The first-order valence-corrected chi connectivity index (χ1v) is 5.60. The molecule has 78 valence electrons. The maximum absolute atomic E-state index is 13.0. The third-order valence-electron chi connectivity index (χ3n) is 2.36. The molecule has 0 aliphatic heterocycles. The molecule has 0 radical (unpaired) electrons. The molecule has 3 heteroatoms. The molecular weight excluding hydrogens is 245 g/mol. The molecule has 0 aliphatic rings. The first-order chi connectivity index (χ1) is 6.65. The summed E-state index contributed by atoms with van der Waals surface area (Å²) < 4.78 is 13.8. The van der Waals surface area contributed by atoms with E-state index in [1.165, 1.54) is 6.07 Å². The Morgan fingerprint density at radius 1 is 1.43 bits per heavy atom. The van der Waals surface area contributed by atoms with E-state index in [1.54, 1.807) is 6.07 Å². The molecule has 14 heavy (non-hydrogen) atoms. The van der Waals surface area contributed by atoms with Crippen LogP contribution in [-0.2, 0) is 6.42 Å². The predicted octanol–water partition coefficient (Wildman–Crippen LogP) is 3.12. The van der Waals surface area contributed by atoms with Crippen molar-refractivity contribution in [2.45, 2.75) is 19.8 Å². The topological polar surface area (TPSA) is 26.0 Å². The fourth-order valence-corrected chi connectivity index (χ4v) is 1.97. The second-order valence-electron chi connectivity index (χ2n) is 3.49.